The van der Waals surface area contributed by atoms with Crippen LogP contribution in [0.3, 0.4) is 0 Å². The molecule has 0 saturated heterocycles. The van der Waals surface area contributed by atoms with E-state index in [2.05, 4.69) is 28.8 Å². The summed E-state index contributed by atoms with van der Waals surface area (Å²) in [5.74, 6) is -0.566. The summed E-state index contributed by atoms with van der Waals surface area (Å²) in [7, 11) is 2.02. The van der Waals surface area contributed by atoms with Gasteiger partial charge in [0.05, 0.1) is 27.4 Å². The van der Waals surface area contributed by atoms with Crippen LogP contribution in [0.1, 0.15) is 43.6 Å². The minimum Gasteiger partial charge on any atom is -0.343 e. The number of carbonyl (C=O) groups is 2. The quantitative estimate of drug-likeness (QED) is 0.309. The fourth-order valence-corrected chi connectivity index (χ4v) is 5.24. The molecule has 0 N–H and O–H groups in total. The predicted octanol–water partition coefficient (Wildman–Crippen LogP) is 5.80. The van der Waals surface area contributed by atoms with Gasteiger partial charge in [0, 0.05) is 28.7 Å². The number of thiophene rings is 1. The van der Waals surface area contributed by atoms with Crippen molar-refractivity contribution in [3.8, 4) is 17.3 Å². The molecule has 0 radical (unpaired) electrons. The lowest BCUT2D eigenvalue weighted by Gasteiger charge is -2.03. The first-order valence-electron chi connectivity index (χ1n) is 10.0. The summed E-state index contributed by atoms with van der Waals surface area (Å²) in [5, 5.41) is 9.36. The number of nitrogens with zero attached hydrogens (tertiary/aromatic N) is 2. The van der Waals surface area contributed by atoms with E-state index in [0.29, 0.717) is 23.1 Å². The lowest BCUT2D eigenvalue weighted by atomic mass is 9.99. The van der Waals surface area contributed by atoms with Gasteiger partial charge in [-0.25, -0.2) is 0 Å². The van der Waals surface area contributed by atoms with Gasteiger partial charge in [-0.1, -0.05) is 37.3 Å². The molecular formula is C26H18N2O2S. The highest BCUT2D eigenvalue weighted by Crippen LogP contribution is 2.36. The number of aryl methyl sites for hydroxylation is 2. The number of Topliss-reactive ketones (excluding diaryl/α,β-unsaturated/α-hetero) is 2. The van der Waals surface area contributed by atoms with Gasteiger partial charge in [0.2, 0.25) is 0 Å². The maximum atomic E-state index is 13.0. The number of rotatable bonds is 3. The van der Waals surface area contributed by atoms with E-state index in [9.17, 15) is 14.9 Å². The summed E-state index contributed by atoms with van der Waals surface area (Å²) in [6.07, 6.45) is 2.33. The van der Waals surface area contributed by atoms with Crippen molar-refractivity contribution in [1.82, 2.24) is 4.57 Å². The number of allylic oxidation sites excluding steroid dienone is 1. The standard InChI is InChI=1S/C26H18N2O2S/c1-3-15-9-19-20(10-17(15)14-27)26(30)21(25(19)29)11-18-12-23-24(31-18)13-22(28(23)2)16-7-5-4-6-8-16/h4-13H,3H2,1-2H3/b21-11+. The number of aromatic nitrogens is 1. The molecule has 0 bridgehead atoms. The number of nitriles is 1. The highest BCUT2D eigenvalue weighted by molar-refractivity contribution is 7.19. The SMILES string of the molecule is CCc1cc2c(cc1C#N)C(=O)/C(=C/c1cc3c(cc(-c4ccccc4)n3C)s1)C2=O. The third-order valence-electron chi connectivity index (χ3n) is 5.83. The van der Waals surface area contributed by atoms with E-state index in [1.807, 2.05) is 38.2 Å². The Morgan fingerprint density at radius 1 is 1.03 bits per heavy atom. The first-order chi connectivity index (χ1) is 15.0. The molecule has 0 spiro atoms. The van der Waals surface area contributed by atoms with Crippen LogP contribution in [-0.2, 0) is 13.5 Å². The fourth-order valence-electron chi connectivity index (χ4n) is 4.17. The fraction of sp³-hybridized carbons (Fsp3) is 0.115. The van der Waals surface area contributed by atoms with Crippen LogP contribution in [0.15, 0.2) is 60.2 Å². The van der Waals surface area contributed by atoms with Crippen LogP contribution >= 0.6 is 11.3 Å². The number of fused-ring (bicyclic) bond motifs is 2. The summed E-state index contributed by atoms with van der Waals surface area (Å²) in [6.45, 7) is 1.93. The molecule has 0 amide bonds. The highest BCUT2D eigenvalue weighted by Gasteiger charge is 2.34. The Morgan fingerprint density at radius 3 is 2.39 bits per heavy atom. The van der Waals surface area contributed by atoms with E-state index in [4.69, 9.17) is 0 Å². The van der Waals surface area contributed by atoms with E-state index < -0.39 is 0 Å². The Kier molecular flexibility index (Phi) is 4.46. The molecule has 2 aromatic carbocycles. The summed E-state index contributed by atoms with van der Waals surface area (Å²) < 4.78 is 3.23. The number of hydrogen-bond acceptors (Lipinski definition) is 4. The van der Waals surface area contributed by atoms with Crippen LogP contribution in [0, 0.1) is 11.3 Å². The third kappa shape index (κ3) is 2.96. The minimum atomic E-state index is -0.304. The molecule has 4 nitrogen and oxygen atoms in total. The molecule has 4 aromatic rings. The van der Waals surface area contributed by atoms with Crippen LogP contribution in [-0.4, -0.2) is 16.1 Å². The van der Waals surface area contributed by atoms with Gasteiger partial charge in [-0.2, -0.15) is 5.26 Å². The van der Waals surface area contributed by atoms with E-state index in [1.54, 1.807) is 29.5 Å². The molecule has 150 valence electrons. The van der Waals surface area contributed by atoms with Crippen LogP contribution in [0.2, 0.25) is 0 Å². The molecule has 5 rings (SSSR count). The Bertz CT molecular complexity index is 1460. The lowest BCUT2D eigenvalue weighted by Crippen LogP contribution is -1.99. The number of hydrogen-bond donors (Lipinski definition) is 0. The van der Waals surface area contributed by atoms with Crippen molar-refractivity contribution in [3.05, 3.63) is 87.3 Å². The van der Waals surface area contributed by atoms with E-state index >= 15 is 0 Å². The van der Waals surface area contributed by atoms with Gasteiger partial charge >= 0.3 is 0 Å². The van der Waals surface area contributed by atoms with Crippen LogP contribution in [0.5, 0.6) is 0 Å². The number of carbonyl (C=O) groups excluding carboxylic acids is 2. The molecule has 0 unspecified atom stereocenters. The average Bonchev–Trinajstić information content (AvgIpc) is 3.41. The molecule has 5 heteroatoms. The maximum Gasteiger partial charge on any atom is 0.197 e. The van der Waals surface area contributed by atoms with Crippen LogP contribution in [0.25, 0.3) is 27.6 Å². The summed E-state index contributed by atoms with van der Waals surface area (Å²) in [5.41, 5.74) is 5.48. The summed E-state index contributed by atoms with van der Waals surface area (Å²) in [6, 6.07) is 19.7. The Morgan fingerprint density at radius 2 is 1.74 bits per heavy atom. The first kappa shape index (κ1) is 19.2. The van der Waals surface area contributed by atoms with Crippen molar-refractivity contribution >= 4 is 39.2 Å². The zero-order valence-corrected chi connectivity index (χ0v) is 17.9. The van der Waals surface area contributed by atoms with Crippen LogP contribution < -0.4 is 0 Å². The molecule has 0 fully saturated rings. The average molecular weight is 423 g/mol. The third-order valence-corrected chi connectivity index (χ3v) is 6.85. The zero-order chi connectivity index (χ0) is 21.7. The normalized spacial score (nSPS) is 14.4. The zero-order valence-electron chi connectivity index (χ0n) is 17.1. The second kappa shape index (κ2) is 7.19. The molecule has 1 aliphatic rings. The van der Waals surface area contributed by atoms with E-state index in [1.165, 1.54) is 0 Å². The van der Waals surface area contributed by atoms with Crippen molar-refractivity contribution in [2.24, 2.45) is 7.05 Å². The molecule has 0 aliphatic heterocycles. The van der Waals surface area contributed by atoms with Crippen molar-refractivity contribution in [3.63, 3.8) is 0 Å². The second-order valence-electron chi connectivity index (χ2n) is 7.59. The van der Waals surface area contributed by atoms with Crippen molar-refractivity contribution in [2.45, 2.75) is 13.3 Å². The maximum absolute atomic E-state index is 13.0. The molecule has 1 aliphatic carbocycles. The largest absolute Gasteiger partial charge is 0.343 e. The van der Waals surface area contributed by atoms with Crippen molar-refractivity contribution in [2.75, 3.05) is 0 Å². The van der Waals surface area contributed by atoms with Crippen LogP contribution in [0.4, 0.5) is 0 Å². The van der Waals surface area contributed by atoms with Gasteiger partial charge in [-0.05, 0) is 47.9 Å². The molecule has 0 atom stereocenters. The predicted molar refractivity (Wildman–Crippen MR) is 123 cm³/mol. The Hall–Kier alpha value is -3.75. The Labute approximate surface area is 183 Å². The van der Waals surface area contributed by atoms with E-state index in [-0.39, 0.29) is 17.1 Å². The lowest BCUT2D eigenvalue weighted by molar-refractivity contribution is 0.0990. The molecule has 31 heavy (non-hydrogen) atoms. The van der Waals surface area contributed by atoms with Crippen molar-refractivity contribution < 1.29 is 9.59 Å². The minimum absolute atomic E-state index is 0.169. The molecule has 2 heterocycles. The van der Waals surface area contributed by atoms with Crippen molar-refractivity contribution in [1.29, 1.82) is 5.26 Å². The highest BCUT2D eigenvalue weighted by atomic mass is 32.1. The van der Waals surface area contributed by atoms with Gasteiger partial charge in [-0.15, -0.1) is 11.3 Å². The summed E-state index contributed by atoms with van der Waals surface area (Å²) >= 11 is 1.56. The van der Waals surface area contributed by atoms with Gasteiger partial charge in [0.25, 0.3) is 0 Å². The monoisotopic (exact) mass is 422 g/mol. The van der Waals surface area contributed by atoms with Gasteiger partial charge < -0.3 is 4.57 Å². The number of benzene rings is 2. The second-order valence-corrected chi connectivity index (χ2v) is 8.70. The topological polar surface area (TPSA) is 62.9 Å². The molecule has 0 saturated carbocycles. The smallest absolute Gasteiger partial charge is 0.197 e. The Balaban J connectivity index is 1.56. The van der Waals surface area contributed by atoms with Gasteiger partial charge in [-0.3, -0.25) is 9.59 Å². The van der Waals surface area contributed by atoms with E-state index in [0.717, 1.165) is 31.9 Å². The van der Waals surface area contributed by atoms with Gasteiger partial charge in [0.15, 0.2) is 11.6 Å². The summed E-state index contributed by atoms with van der Waals surface area (Å²) in [4.78, 5) is 26.8. The molecular weight excluding hydrogens is 404 g/mol. The van der Waals surface area contributed by atoms with Gasteiger partial charge in [0.1, 0.15) is 0 Å². The number of ketones is 2. The molecule has 2 aromatic heterocycles. The first-order valence-corrected chi connectivity index (χ1v) is 10.9.